The number of nitrogens with zero attached hydrogens (tertiary/aromatic N) is 2. The normalized spacial score (nSPS) is 10.7. The quantitative estimate of drug-likeness (QED) is 0.209. The molecule has 0 amide bonds. The van der Waals surface area contributed by atoms with Crippen LogP contribution in [0.4, 0.5) is 5.69 Å². The van der Waals surface area contributed by atoms with E-state index in [-0.39, 0.29) is 22.3 Å². The van der Waals surface area contributed by atoms with Gasteiger partial charge in [-0.1, -0.05) is 60.7 Å². The Kier molecular flexibility index (Phi) is 5.45. The molecule has 0 saturated carbocycles. The zero-order valence-electron chi connectivity index (χ0n) is 15.9. The Morgan fingerprint density at radius 1 is 0.967 bits per heavy atom. The summed E-state index contributed by atoms with van der Waals surface area (Å²) in [6.07, 6.45) is 0. The number of ketones is 1. The molecule has 0 N–H and O–H groups in total. The molecule has 30 heavy (non-hydrogen) atoms. The van der Waals surface area contributed by atoms with Gasteiger partial charge in [0.1, 0.15) is 5.69 Å². The van der Waals surface area contributed by atoms with Gasteiger partial charge in [0.15, 0.2) is 11.5 Å². The number of aromatic nitrogens is 1. The first kappa shape index (κ1) is 19.6. The van der Waals surface area contributed by atoms with Crippen LogP contribution >= 0.6 is 11.8 Å². The van der Waals surface area contributed by atoms with Crippen molar-refractivity contribution < 1.29 is 14.1 Å². The van der Waals surface area contributed by atoms with Crippen LogP contribution in [0.15, 0.2) is 93.4 Å². The predicted molar refractivity (Wildman–Crippen MR) is 115 cm³/mol. The third-order valence-corrected chi connectivity index (χ3v) is 5.36. The van der Waals surface area contributed by atoms with Crippen molar-refractivity contribution in [3.05, 3.63) is 94.5 Å². The average Bonchev–Trinajstić information content (AvgIpc) is 3.19. The summed E-state index contributed by atoms with van der Waals surface area (Å²) < 4.78 is 6.03. The Bertz CT molecular complexity index is 1160. The minimum absolute atomic E-state index is 0.159. The average molecular weight is 416 g/mol. The van der Waals surface area contributed by atoms with E-state index < -0.39 is 4.92 Å². The lowest BCUT2D eigenvalue weighted by Crippen LogP contribution is -1.97. The van der Waals surface area contributed by atoms with Gasteiger partial charge in [0, 0.05) is 22.8 Å². The third kappa shape index (κ3) is 4.01. The maximum absolute atomic E-state index is 11.6. The molecular weight excluding hydrogens is 400 g/mol. The SMILES string of the molecule is CC(=O)c1ccc(Sc2nc(-c3ccccc3)c(-c3ccccc3)o2)c([N+](=O)[O-])c1. The molecule has 0 saturated heterocycles. The Morgan fingerprint density at radius 2 is 1.60 bits per heavy atom. The molecule has 3 aromatic carbocycles. The highest BCUT2D eigenvalue weighted by Gasteiger charge is 2.22. The molecule has 6 nitrogen and oxygen atoms in total. The summed E-state index contributed by atoms with van der Waals surface area (Å²) in [7, 11) is 0. The lowest BCUT2D eigenvalue weighted by Gasteiger charge is -2.02. The first-order valence-electron chi connectivity index (χ1n) is 9.12. The van der Waals surface area contributed by atoms with Gasteiger partial charge in [-0.2, -0.15) is 0 Å². The molecule has 0 unspecified atom stereocenters. The van der Waals surface area contributed by atoms with Crippen molar-refractivity contribution in [2.24, 2.45) is 0 Å². The van der Waals surface area contributed by atoms with E-state index in [0.717, 1.165) is 22.9 Å². The largest absolute Gasteiger partial charge is 0.430 e. The van der Waals surface area contributed by atoms with Gasteiger partial charge in [0.2, 0.25) is 0 Å². The summed E-state index contributed by atoms with van der Waals surface area (Å²) in [5.41, 5.74) is 2.53. The molecule has 4 aromatic rings. The summed E-state index contributed by atoms with van der Waals surface area (Å²) >= 11 is 1.06. The number of nitro benzene ring substituents is 1. The number of hydrogen-bond donors (Lipinski definition) is 0. The zero-order chi connectivity index (χ0) is 21.1. The van der Waals surface area contributed by atoms with Gasteiger partial charge < -0.3 is 4.42 Å². The molecule has 148 valence electrons. The number of nitro groups is 1. The smallest absolute Gasteiger partial charge is 0.284 e. The molecule has 0 radical (unpaired) electrons. The van der Waals surface area contributed by atoms with Crippen LogP contribution in [0.3, 0.4) is 0 Å². The van der Waals surface area contributed by atoms with E-state index in [1.165, 1.54) is 13.0 Å². The molecule has 0 aliphatic carbocycles. The molecule has 1 heterocycles. The van der Waals surface area contributed by atoms with Crippen LogP contribution in [0.2, 0.25) is 0 Å². The van der Waals surface area contributed by atoms with Crippen molar-refractivity contribution in [3.63, 3.8) is 0 Å². The minimum atomic E-state index is -0.506. The molecule has 4 rings (SSSR count). The standard InChI is InChI=1S/C23H16N2O4S/c1-15(26)18-12-13-20(19(14-18)25(27)28)30-23-24-21(16-8-4-2-5-9-16)22(29-23)17-10-6-3-7-11-17/h2-14H,1H3. The van der Waals surface area contributed by atoms with Crippen LogP contribution in [0.5, 0.6) is 0 Å². The number of benzene rings is 3. The fourth-order valence-electron chi connectivity index (χ4n) is 2.98. The molecular formula is C23H16N2O4S. The molecule has 7 heteroatoms. The highest BCUT2D eigenvalue weighted by molar-refractivity contribution is 7.99. The second-order valence-electron chi connectivity index (χ2n) is 6.49. The summed E-state index contributed by atoms with van der Waals surface area (Å²) in [4.78, 5) is 27.6. The highest BCUT2D eigenvalue weighted by atomic mass is 32.2. The van der Waals surface area contributed by atoms with E-state index in [2.05, 4.69) is 4.98 Å². The van der Waals surface area contributed by atoms with Crippen LogP contribution < -0.4 is 0 Å². The molecule has 0 fully saturated rings. The van der Waals surface area contributed by atoms with E-state index in [1.54, 1.807) is 12.1 Å². The van der Waals surface area contributed by atoms with Gasteiger partial charge in [-0.15, -0.1) is 0 Å². The minimum Gasteiger partial charge on any atom is -0.430 e. The lowest BCUT2D eigenvalue weighted by molar-refractivity contribution is -0.387. The van der Waals surface area contributed by atoms with E-state index in [9.17, 15) is 14.9 Å². The Balaban J connectivity index is 1.79. The summed E-state index contributed by atoms with van der Waals surface area (Å²) in [6.45, 7) is 1.37. The maximum atomic E-state index is 11.6. The van der Waals surface area contributed by atoms with E-state index in [4.69, 9.17) is 4.42 Å². The number of carbonyl (C=O) groups is 1. The number of hydrogen-bond acceptors (Lipinski definition) is 6. The molecule has 0 aliphatic heterocycles. The number of rotatable bonds is 6. The summed E-state index contributed by atoms with van der Waals surface area (Å²) in [5.74, 6) is 0.357. The molecule has 0 spiro atoms. The van der Waals surface area contributed by atoms with Crippen molar-refractivity contribution in [1.82, 2.24) is 4.98 Å². The Morgan fingerprint density at radius 3 is 2.20 bits per heavy atom. The van der Waals surface area contributed by atoms with E-state index >= 15 is 0 Å². The van der Waals surface area contributed by atoms with Gasteiger partial charge in [-0.3, -0.25) is 14.9 Å². The van der Waals surface area contributed by atoms with Crippen LogP contribution in [-0.2, 0) is 0 Å². The summed E-state index contributed by atoms with van der Waals surface area (Å²) in [5, 5.41) is 11.8. The molecule has 1 aromatic heterocycles. The van der Waals surface area contributed by atoms with Crippen LogP contribution in [-0.4, -0.2) is 15.7 Å². The Hall–Kier alpha value is -3.71. The van der Waals surface area contributed by atoms with Crippen molar-refractivity contribution in [2.45, 2.75) is 17.0 Å². The summed E-state index contributed by atoms with van der Waals surface area (Å²) in [6, 6.07) is 23.6. The number of Topliss-reactive ketones (excluding diaryl/α,β-unsaturated/α-hetero) is 1. The fraction of sp³-hybridized carbons (Fsp3) is 0.0435. The van der Waals surface area contributed by atoms with Gasteiger partial charge in [0.25, 0.3) is 10.9 Å². The molecule has 0 atom stereocenters. The Labute approximate surface area is 176 Å². The zero-order valence-corrected chi connectivity index (χ0v) is 16.8. The third-order valence-electron chi connectivity index (χ3n) is 4.45. The molecule has 0 bridgehead atoms. The first-order valence-corrected chi connectivity index (χ1v) is 9.93. The van der Waals surface area contributed by atoms with Crippen molar-refractivity contribution in [1.29, 1.82) is 0 Å². The van der Waals surface area contributed by atoms with Gasteiger partial charge in [-0.05, 0) is 30.8 Å². The highest BCUT2D eigenvalue weighted by Crippen LogP contribution is 2.40. The number of carbonyl (C=O) groups excluding carboxylic acids is 1. The second kappa shape index (κ2) is 8.34. The second-order valence-corrected chi connectivity index (χ2v) is 7.48. The van der Waals surface area contributed by atoms with E-state index in [0.29, 0.717) is 16.3 Å². The lowest BCUT2D eigenvalue weighted by atomic mass is 10.1. The van der Waals surface area contributed by atoms with Crippen LogP contribution in [0, 0.1) is 10.1 Å². The molecule has 0 aliphatic rings. The van der Waals surface area contributed by atoms with Gasteiger partial charge in [-0.25, -0.2) is 4.98 Å². The van der Waals surface area contributed by atoms with Crippen LogP contribution in [0.1, 0.15) is 17.3 Å². The van der Waals surface area contributed by atoms with Crippen molar-refractivity contribution in [3.8, 4) is 22.6 Å². The van der Waals surface area contributed by atoms with Gasteiger partial charge >= 0.3 is 0 Å². The van der Waals surface area contributed by atoms with Crippen molar-refractivity contribution >= 4 is 23.2 Å². The fourth-order valence-corrected chi connectivity index (χ4v) is 3.80. The monoisotopic (exact) mass is 416 g/mol. The van der Waals surface area contributed by atoms with E-state index in [1.807, 2.05) is 60.7 Å². The topological polar surface area (TPSA) is 86.2 Å². The predicted octanol–water partition coefficient (Wildman–Crippen LogP) is 6.27. The maximum Gasteiger partial charge on any atom is 0.284 e. The van der Waals surface area contributed by atoms with Gasteiger partial charge in [0.05, 0.1) is 9.82 Å². The number of oxazole rings is 1. The first-order chi connectivity index (χ1) is 14.5. The van der Waals surface area contributed by atoms with Crippen LogP contribution in [0.25, 0.3) is 22.6 Å². The van der Waals surface area contributed by atoms with Crippen molar-refractivity contribution in [2.75, 3.05) is 0 Å².